The lowest BCUT2D eigenvalue weighted by molar-refractivity contribution is -0.435. The van der Waals surface area contributed by atoms with Crippen LogP contribution in [-0.4, -0.2) is 4.86 Å². The van der Waals surface area contributed by atoms with Gasteiger partial charge in [-0.3, -0.25) is 0 Å². The van der Waals surface area contributed by atoms with Gasteiger partial charge in [-0.05, 0) is 53.8 Å². The Hall–Kier alpha value is -1.43. The summed E-state index contributed by atoms with van der Waals surface area (Å²) in [5.74, 6) is 0. The molecular formula is C13H11IN2O. The summed E-state index contributed by atoms with van der Waals surface area (Å²) in [7, 11) is 0. The van der Waals surface area contributed by atoms with Crippen LogP contribution in [0.15, 0.2) is 53.6 Å². The number of benzene rings is 2. The molecule has 0 bridgehead atoms. The van der Waals surface area contributed by atoms with E-state index in [1.54, 1.807) is 12.1 Å². The first-order valence-electron chi connectivity index (χ1n) is 5.16. The minimum Gasteiger partial charge on any atom is -0.594 e. The monoisotopic (exact) mass is 338 g/mol. The van der Waals surface area contributed by atoms with Crippen molar-refractivity contribution in [3.63, 3.8) is 0 Å². The molecular weight excluding hydrogens is 327 g/mol. The van der Waals surface area contributed by atoms with Crippen LogP contribution >= 0.6 is 22.6 Å². The smallest absolute Gasteiger partial charge is 0.244 e. The minimum atomic E-state index is 0.536. The second-order valence-corrected chi connectivity index (χ2v) is 4.93. The number of halogens is 1. The first-order chi connectivity index (χ1) is 8.15. The Labute approximate surface area is 114 Å². The maximum Gasteiger partial charge on any atom is 0.244 e. The van der Waals surface area contributed by atoms with Crippen LogP contribution in [0, 0.1) is 15.7 Å². The first-order valence-corrected chi connectivity index (χ1v) is 6.24. The summed E-state index contributed by atoms with van der Waals surface area (Å²) in [6.07, 6.45) is 0. The van der Waals surface area contributed by atoms with E-state index in [0.29, 0.717) is 16.2 Å². The van der Waals surface area contributed by atoms with Crippen molar-refractivity contribution in [2.75, 3.05) is 0 Å². The maximum absolute atomic E-state index is 11.8. The summed E-state index contributed by atoms with van der Waals surface area (Å²) in [6.45, 7) is 1.98. The second-order valence-electron chi connectivity index (χ2n) is 3.68. The van der Waals surface area contributed by atoms with Crippen LogP contribution in [0.3, 0.4) is 0 Å². The fourth-order valence-corrected chi connectivity index (χ4v) is 1.70. The fraction of sp³-hybridized carbons (Fsp3) is 0.0769. The van der Waals surface area contributed by atoms with Gasteiger partial charge in [-0.1, -0.05) is 22.6 Å². The van der Waals surface area contributed by atoms with Gasteiger partial charge in [0.15, 0.2) is 0 Å². The predicted octanol–water partition coefficient (Wildman–Crippen LogP) is 4.53. The fourth-order valence-electron chi connectivity index (χ4n) is 1.34. The van der Waals surface area contributed by atoms with Gasteiger partial charge in [-0.2, -0.15) is 0 Å². The van der Waals surface area contributed by atoms with Crippen LogP contribution in [0.25, 0.3) is 0 Å². The van der Waals surface area contributed by atoms with Crippen molar-refractivity contribution < 1.29 is 4.86 Å². The molecule has 2 aromatic carbocycles. The van der Waals surface area contributed by atoms with Crippen molar-refractivity contribution in [3.8, 4) is 0 Å². The van der Waals surface area contributed by atoms with Gasteiger partial charge in [0.05, 0.1) is 0 Å². The molecule has 0 unspecified atom stereocenters. The zero-order valence-electron chi connectivity index (χ0n) is 9.30. The molecule has 0 aliphatic rings. The molecule has 0 aromatic heterocycles. The Bertz CT molecular complexity index is 532. The number of nitrogens with zero attached hydrogens (tertiary/aromatic N) is 2. The van der Waals surface area contributed by atoms with Crippen LogP contribution in [0.4, 0.5) is 11.4 Å². The number of hydrogen-bond donors (Lipinski definition) is 0. The first kappa shape index (κ1) is 12.0. The minimum absolute atomic E-state index is 0.536. The highest BCUT2D eigenvalue weighted by Crippen LogP contribution is 2.18. The summed E-state index contributed by atoms with van der Waals surface area (Å²) in [5, 5.41) is 15.7. The maximum atomic E-state index is 11.8. The SMILES string of the molecule is Cc1ccc([N+]([O-])=Nc2ccc(I)cc2)cc1. The largest absolute Gasteiger partial charge is 0.594 e. The third kappa shape index (κ3) is 3.26. The lowest BCUT2D eigenvalue weighted by Crippen LogP contribution is -1.90. The lowest BCUT2D eigenvalue weighted by Gasteiger charge is -2.00. The molecule has 17 heavy (non-hydrogen) atoms. The highest BCUT2D eigenvalue weighted by atomic mass is 127. The van der Waals surface area contributed by atoms with Crippen LogP contribution in [-0.2, 0) is 0 Å². The molecule has 0 heterocycles. The van der Waals surface area contributed by atoms with Gasteiger partial charge >= 0.3 is 0 Å². The Morgan fingerprint density at radius 1 is 1.00 bits per heavy atom. The van der Waals surface area contributed by atoms with E-state index in [2.05, 4.69) is 27.7 Å². The quantitative estimate of drug-likeness (QED) is 0.343. The van der Waals surface area contributed by atoms with Crippen molar-refractivity contribution in [3.05, 3.63) is 62.9 Å². The Morgan fingerprint density at radius 3 is 2.18 bits per heavy atom. The Morgan fingerprint density at radius 2 is 1.59 bits per heavy atom. The van der Waals surface area contributed by atoms with Crippen molar-refractivity contribution in [1.29, 1.82) is 0 Å². The Kier molecular flexibility index (Phi) is 3.73. The van der Waals surface area contributed by atoms with Gasteiger partial charge in [0.25, 0.3) is 0 Å². The van der Waals surface area contributed by atoms with Crippen LogP contribution in [0.1, 0.15) is 5.56 Å². The lowest BCUT2D eigenvalue weighted by atomic mass is 10.2. The summed E-state index contributed by atoms with van der Waals surface area (Å²) >= 11 is 2.21. The summed E-state index contributed by atoms with van der Waals surface area (Å²) in [6, 6.07) is 14.8. The zero-order valence-corrected chi connectivity index (χ0v) is 11.5. The van der Waals surface area contributed by atoms with Crippen molar-refractivity contribution >= 4 is 34.0 Å². The molecule has 2 rings (SSSR count). The molecule has 0 atom stereocenters. The molecule has 0 aliphatic heterocycles. The van der Waals surface area contributed by atoms with Crippen LogP contribution in [0.2, 0.25) is 0 Å². The summed E-state index contributed by atoms with van der Waals surface area (Å²) in [5.41, 5.74) is 2.31. The van der Waals surface area contributed by atoms with Gasteiger partial charge in [0.2, 0.25) is 5.69 Å². The van der Waals surface area contributed by atoms with E-state index in [-0.39, 0.29) is 0 Å². The molecule has 3 nitrogen and oxygen atoms in total. The van der Waals surface area contributed by atoms with E-state index in [1.807, 2.05) is 43.3 Å². The highest BCUT2D eigenvalue weighted by molar-refractivity contribution is 14.1. The zero-order chi connectivity index (χ0) is 12.3. The summed E-state index contributed by atoms with van der Waals surface area (Å²) < 4.78 is 1.12. The molecule has 0 radical (unpaired) electrons. The third-order valence-electron chi connectivity index (χ3n) is 2.29. The molecule has 2 aromatic rings. The molecule has 86 valence electrons. The normalized spacial score (nSPS) is 11.5. The number of azo groups is 1. The summed E-state index contributed by atoms with van der Waals surface area (Å²) in [4.78, 5) is 0.641. The van der Waals surface area contributed by atoms with Gasteiger partial charge in [-0.25, -0.2) is 0 Å². The molecule has 0 saturated carbocycles. The molecule has 0 amide bonds. The molecule has 0 N–H and O–H groups in total. The van der Waals surface area contributed by atoms with Gasteiger partial charge in [-0.15, -0.1) is 0 Å². The Balaban J connectivity index is 2.27. The topological polar surface area (TPSA) is 38.4 Å². The molecule has 0 aliphatic carbocycles. The molecule has 4 heteroatoms. The van der Waals surface area contributed by atoms with Gasteiger partial charge in [0.1, 0.15) is 5.69 Å². The van der Waals surface area contributed by atoms with Crippen molar-refractivity contribution in [1.82, 2.24) is 0 Å². The van der Waals surface area contributed by atoms with E-state index in [9.17, 15) is 5.21 Å². The number of rotatable bonds is 2. The predicted molar refractivity (Wildman–Crippen MR) is 75.7 cm³/mol. The standard InChI is InChI=1S/C13H11IN2O/c1-10-2-8-13(9-3-10)16(17)15-12-6-4-11(14)5-7-12/h2-9H,1H3. The second kappa shape index (κ2) is 5.27. The van der Waals surface area contributed by atoms with E-state index < -0.39 is 0 Å². The van der Waals surface area contributed by atoms with Crippen molar-refractivity contribution in [2.45, 2.75) is 6.92 Å². The highest BCUT2D eigenvalue weighted by Gasteiger charge is 2.02. The molecule has 0 saturated heterocycles. The van der Waals surface area contributed by atoms with E-state index in [0.717, 1.165) is 9.13 Å². The van der Waals surface area contributed by atoms with Gasteiger partial charge in [0, 0.05) is 20.8 Å². The van der Waals surface area contributed by atoms with E-state index in [1.165, 1.54) is 0 Å². The number of hydrogen-bond acceptors (Lipinski definition) is 2. The average molecular weight is 338 g/mol. The third-order valence-corrected chi connectivity index (χ3v) is 3.01. The van der Waals surface area contributed by atoms with Crippen LogP contribution < -0.4 is 0 Å². The molecule has 0 fully saturated rings. The van der Waals surface area contributed by atoms with E-state index in [4.69, 9.17) is 0 Å². The number of aryl methyl sites for hydroxylation is 1. The average Bonchev–Trinajstić information content (AvgIpc) is 2.33. The van der Waals surface area contributed by atoms with Gasteiger partial charge < -0.3 is 5.21 Å². The molecule has 0 spiro atoms. The van der Waals surface area contributed by atoms with Crippen molar-refractivity contribution in [2.24, 2.45) is 5.11 Å². The van der Waals surface area contributed by atoms with Crippen LogP contribution in [0.5, 0.6) is 0 Å². The van der Waals surface area contributed by atoms with E-state index >= 15 is 0 Å².